The maximum absolute atomic E-state index is 12.1. The minimum Gasteiger partial charge on any atom is -0.497 e. The van der Waals surface area contributed by atoms with Gasteiger partial charge >= 0.3 is 0 Å². The number of rotatable bonds is 14. The number of piperidine rings is 1. The third-order valence-electron chi connectivity index (χ3n) is 9.09. The summed E-state index contributed by atoms with van der Waals surface area (Å²) in [4.78, 5) is 24.8. The van der Waals surface area contributed by atoms with E-state index in [4.69, 9.17) is 9.47 Å². The molecule has 0 saturated carbocycles. The van der Waals surface area contributed by atoms with Gasteiger partial charge in [-0.25, -0.2) is 0 Å². The molecule has 3 aromatic carbocycles. The van der Waals surface area contributed by atoms with E-state index in [0.717, 1.165) is 81.5 Å². The number of ketones is 1. The summed E-state index contributed by atoms with van der Waals surface area (Å²) in [6.07, 6.45) is 10.4. The van der Waals surface area contributed by atoms with Gasteiger partial charge in [-0.3, -0.25) is 4.79 Å². The van der Waals surface area contributed by atoms with Crippen LogP contribution in [0.1, 0.15) is 102 Å². The smallest absolute Gasteiger partial charge is 0.136 e. The van der Waals surface area contributed by atoms with Crippen molar-refractivity contribution in [2.75, 3.05) is 40.9 Å². The lowest BCUT2D eigenvalue weighted by Crippen LogP contribution is -2.44. The molecule has 0 spiro atoms. The zero-order valence-electron chi connectivity index (χ0n) is 31.2. The fourth-order valence-electron chi connectivity index (χ4n) is 5.69. The van der Waals surface area contributed by atoms with Crippen LogP contribution in [0.15, 0.2) is 78.9 Å². The summed E-state index contributed by atoms with van der Waals surface area (Å²) in [5.74, 6) is 2.12. The maximum Gasteiger partial charge on any atom is 0.136 e. The largest absolute Gasteiger partial charge is 0.497 e. The summed E-state index contributed by atoms with van der Waals surface area (Å²) in [6.45, 7) is 13.7. The highest BCUT2D eigenvalue weighted by atomic mass is 16.5. The molecule has 0 amide bonds. The fraction of sp³-hybridized carbons (Fsp3) is 0.524. The van der Waals surface area contributed by atoms with Gasteiger partial charge in [0.05, 0.1) is 14.2 Å². The van der Waals surface area contributed by atoms with Gasteiger partial charge in [-0.15, -0.1) is 0 Å². The van der Waals surface area contributed by atoms with E-state index in [1.54, 1.807) is 21.1 Å². The first kappa shape index (κ1) is 42.5. The van der Waals surface area contributed by atoms with E-state index < -0.39 is 0 Å². The molecule has 1 aliphatic rings. The molecule has 1 fully saturated rings. The lowest BCUT2D eigenvalue weighted by molar-refractivity contribution is -0.129. The van der Waals surface area contributed by atoms with Crippen molar-refractivity contribution in [2.45, 2.75) is 98.4 Å². The van der Waals surface area contributed by atoms with Crippen molar-refractivity contribution < 1.29 is 19.1 Å². The molecule has 1 unspecified atom stereocenters. The first-order valence-corrected chi connectivity index (χ1v) is 17.9. The number of unbranched alkanes of at least 4 members (excludes halogenated alkanes) is 1. The van der Waals surface area contributed by atoms with E-state index in [1.165, 1.54) is 24.0 Å². The highest BCUT2D eigenvalue weighted by molar-refractivity contribution is 5.82. The Balaban J connectivity index is 0.000000381. The standard InChI is InChI=1S/C20H32N2O.C9H10O2.C9H12O.C4H10/c1-4-11-20(17(2)23)12-15-22(16-13-20)14-10-19(21-3)18-8-6-5-7-9-18;1-11-9-4-2-3-8(7-9)5-6-10;1-3-8-4-6-9(10-2)7-5-8;1-3-4-2/h5-9,19,21H,4,10-16H2,1-3H3;2-4,6-7H,5H2,1H3;4-7H,3H2,1-2H3;3-4H2,1-2H3. The van der Waals surface area contributed by atoms with Crippen molar-refractivity contribution in [3.63, 3.8) is 0 Å². The van der Waals surface area contributed by atoms with Crippen molar-refractivity contribution in [3.05, 3.63) is 95.6 Å². The highest BCUT2D eigenvalue weighted by Crippen LogP contribution is 2.37. The van der Waals surface area contributed by atoms with Crippen molar-refractivity contribution in [1.82, 2.24) is 10.2 Å². The quantitative estimate of drug-likeness (QED) is 0.174. The zero-order chi connectivity index (χ0) is 35.6. The van der Waals surface area contributed by atoms with Crippen LogP contribution in [0.2, 0.25) is 0 Å². The molecule has 0 aliphatic carbocycles. The Kier molecular flexibility index (Phi) is 22.6. The Bertz CT molecular complexity index is 1210. The number of carbonyl (C=O) groups excluding carboxylic acids is 2. The van der Waals surface area contributed by atoms with Crippen LogP contribution in [0.25, 0.3) is 0 Å². The van der Waals surface area contributed by atoms with Crippen LogP contribution in [-0.4, -0.2) is 57.9 Å². The number of nitrogens with zero attached hydrogens (tertiary/aromatic N) is 1. The lowest BCUT2D eigenvalue weighted by Gasteiger charge is -2.40. The minimum absolute atomic E-state index is 0.0346. The number of hydrogen-bond donors (Lipinski definition) is 1. The number of ether oxygens (including phenoxy) is 2. The molecule has 0 radical (unpaired) electrons. The number of benzene rings is 3. The van der Waals surface area contributed by atoms with Crippen LogP contribution in [0.4, 0.5) is 0 Å². The average Bonchev–Trinajstić information content (AvgIpc) is 3.14. The van der Waals surface area contributed by atoms with Gasteiger partial charge in [0.1, 0.15) is 23.6 Å². The lowest BCUT2D eigenvalue weighted by atomic mass is 9.72. The van der Waals surface area contributed by atoms with Crippen LogP contribution in [-0.2, 0) is 22.4 Å². The molecule has 1 heterocycles. The van der Waals surface area contributed by atoms with Gasteiger partial charge in [-0.05, 0) is 107 Å². The molecule has 266 valence electrons. The molecule has 3 aromatic rings. The molecular formula is C42H64N2O4. The Morgan fingerprint density at radius 3 is 1.94 bits per heavy atom. The molecule has 4 rings (SSSR count). The fourth-order valence-corrected chi connectivity index (χ4v) is 5.69. The SMILES string of the molecule is CCCC.CCCC1(C(C)=O)CCN(CCC(NC)c2ccccc2)CC1.CCc1ccc(OC)cc1.COc1cccc(CC=O)c1. The summed E-state index contributed by atoms with van der Waals surface area (Å²) in [5, 5.41) is 3.43. The predicted octanol–water partition coefficient (Wildman–Crippen LogP) is 9.31. The summed E-state index contributed by atoms with van der Waals surface area (Å²) < 4.78 is 10.00. The molecular weight excluding hydrogens is 596 g/mol. The number of hydrogen-bond acceptors (Lipinski definition) is 6. The van der Waals surface area contributed by atoms with Gasteiger partial charge in [-0.2, -0.15) is 0 Å². The number of aldehydes is 1. The second-order valence-electron chi connectivity index (χ2n) is 12.4. The van der Waals surface area contributed by atoms with Crippen molar-refractivity contribution in [1.29, 1.82) is 0 Å². The number of Topliss-reactive ketones (excluding diaryl/α,β-unsaturated/α-hetero) is 1. The maximum atomic E-state index is 12.1. The van der Waals surface area contributed by atoms with Crippen molar-refractivity contribution in [3.8, 4) is 11.5 Å². The van der Waals surface area contributed by atoms with Gasteiger partial charge in [0.2, 0.25) is 0 Å². The second kappa shape index (κ2) is 25.5. The van der Waals surface area contributed by atoms with E-state index in [-0.39, 0.29) is 5.41 Å². The van der Waals surface area contributed by atoms with E-state index in [1.807, 2.05) is 43.4 Å². The predicted molar refractivity (Wildman–Crippen MR) is 202 cm³/mol. The van der Waals surface area contributed by atoms with E-state index in [2.05, 4.69) is 80.4 Å². The van der Waals surface area contributed by atoms with Crippen LogP contribution in [0.3, 0.4) is 0 Å². The summed E-state index contributed by atoms with van der Waals surface area (Å²) >= 11 is 0. The molecule has 1 atom stereocenters. The normalized spacial score (nSPS) is 14.0. The third kappa shape index (κ3) is 16.1. The molecule has 1 saturated heterocycles. The number of methoxy groups -OCH3 is 2. The number of aryl methyl sites for hydroxylation is 1. The Morgan fingerprint density at radius 1 is 0.833 bits per heavy atom. The van der Waals surface area contributed by atoms with Gasteiger partial charge in [0.15, 0.2) is 0 Å². The van der Waals surface area contributed by atoms with E-state index >= 15 is 0 Å². The Labute approximate surface area is 292 Å². The Morgan fingerprint density at radius 2 is 1.46 bits per heavy atom. The summed E-state index contributed by atoms with van der Waals surface area (Å²) in [5.41, 5.74) is 3.66. The molecule has 1 aliphatic heterocycles. The highest BCUT2D eigenvalue weighted by Gasteiger charge is 2.37. The van der Waals surface area contributed by atoms with Crippen LogP contribution in [0, 0.1) is 5.41 Å². The number of carbonyl (C=O) groups is 2. The number of nitrogens with one attached hydrogen (secondary N) is 1. The molecule has 0 aromatic heterocycles. The average molecular weight is 661 g/mol. The molecule has 0 bridgehead atoms. The molecule has 6 nitrogen and oxygen atoms in total. The molecule has 1 N–H and O–H groups in total. The second-order valence-corrected chi connectivity index (χ2v) is 12.4. The zero-order valence-corrected chi connectivity index (χ0v) is 31.2. The number of likely N-dealkylation sites (tertiary alicyclic amines) is 1. The van der Waals surface area contributed by atoms with E-state index in [9.17, 15) is 9.59 Å². The minimum atomic E-state index is -0.0346. The van der Waals surface area contributed by atoms with Crippen LogP contribution in [0.5, 0.6) is 11.5 Å². The Hall–Kier alpha value is -3.48. The van der Waals surface area contributed by atoms with Gasteiger partial charge < -0.3 is 24.5 Å². The first-order valence-electron chi connectivity index (χ1n) is 17.9. The van der Waals surface area contributed by atoms with Crippen LogP contribution < -0.4 is 14.8 Å². The molecule has 6 heteroatoms. The van der Waals surface area contributed by atoms with Crippen molar-refractivity contribution >= 4 is 12.1 Å². The monoisotopic (exact) mass is 660 g/mol. The van der Waals surface area contributed by atoms with E-state index in [0.29, 0.717) is 18.2 Å². The van der Waals surface area contributed by atoms with Gasteiger partial charge in [0.25, 0.3) is 0 Å². The first-order chi connectivity index (χ1) is 23.3. The third-order valence-corrected chi connectivity index (χ3v) is 9.09. The van der Waals surface area contributed by atoms with Crippen LogP contribution >= 0.6 is 0 Å². The van der Waals surface area contributed by atoms with Gasteiger partial charge in [0, 0.05) is 17.9 Å². The van der Waals surface area contributed by atoms with Crippen molar-refractivity contribution in [2.24, 2.45) is 5.41 Å². The van der Waals surface area contributed by atoms with Gasteiger partial charge in [-0.1, -0.05) is 102 Å². The molecule has 48 heavy (non-hydrogen) atoms. The summed E-state index contributed by atoms with van der Waals surface area (Å²) in [6, 6.07) is 26.7. The topological polar surface area (TPSA) is 67.9 Å². The summed E-state index contributed by atoms with van der Waals surface area (Å²) in [7, 11) is 5.33.